The molecule has 18 heavy (non-hydrogen) atoms. The van der Waals surface area contributed by atoms with E-state index >= 15 is 0 Å². The summed E-state index contributed by atoms with van der Waals surface area (Å²) in [6.45, 7) is 5.57. The Kier molecular flexibility index (Phi) is 5.62. The van der Waals surface area contributed by atoms with E-state index in [1.54, 1.807) is 0 Å². The number of rotatable bonds is 6. The Morgan fingerprint density at radius 3 is 2.67 bits per heavy atom. The number of hydrogen-bond donors (Lipinski definition) is 2. The molecule has 0 radical (unpaired) electrons. The SMILES string of the molecule is CC(C)OCCN(C)c1ccc(C(=N)N)c(Br)c1. The number of likely N-dealkylation sites (N-methyl/N-ethyl adjacent to an activating group) is 1. The molecule has 0 unspecified atom stereocenters. The van der Waals surface area contributed by atoms with Crippen LogP contribution in [0.2, 0.25) is 0 Å². The molecule has 0 aromatic heterocycles. The first-order valence-electron chi connectivity index (χ1n) is 5.88. The van der Waals surface area contributed by atoms with E-state index in [0.717, 1.165) is 16.7 Å². The number of nitrogens with zero attached hydrogens (tertiary/aromatic N) is 1. The maximum atomic E-state index is 7.43. The number of benzene rings is 1. The molecule has 0 amide bonds. The Bertz CT molecular complexity index is 421. The third-order valence-corrected chi connectivity index (χ3v) is 3.22. The van der Waals surface area contributed by atoms with Gasteiger partial charge in [-0.25, -0.2) is 0 Å². The number of anilines is 1. The van der Waals surface area contributed by atoms with Crippen LogP contribution in [-0.2, 0) is 4.74 Å². The third kappa shape index (κ3) is 4.31. The minimum atomic E-state index is 0.0687. The second-order valence-corrected chi connectivity index (χ2v) is 5.27. The van der Waals surface area contributed by atoms with Gasteiger partial charge in [0.05, 0.1) is 12.7 Å². The molecular weight excluding hydrogens is 294 g/mol. The molecule has 0 atom stereocenters. The lowest BCUT2D eigenvalue weighted by atomic mass is 10.2. The zero-order valence-corrected chi connectivity index (χ0v) is 12.6. The van der Waals surface area contributed by atoms with E-state index in [1.807, 2.05) is 39.1 Å². The summed E-state index contributed by atoms with van der Waals surface area (Å²) in [6.07, 6.45) is 0.255. The molecular formula is C13H20BrN3O. The fourth-order valence-corrected chi connectivity index (χ4v) is 2.09. The highest BCUT2D eigenvalue weighted by Gasteiger charge is 2.07. The van der Waals surface area contributed by atoms with Crippen LogP contribution in [0.1, 0.15) is 19.4 Å². The Balaban J connectivity index is 2.66. The third-order valence-electron chi connectivity index (χ3n) is 2.56. The van der Waals surface area contributed by atoms with Crippen molar-refractivity contribution in [2.45, 2.75) is 20.0 Å². The van der Waals surface area contributed by atoms with Gasteiger partial charge in [0.1, 0.15) is 5.84 Å². The van der Waals surface area contributed by atoms with Crippen LogP contribution in [0.25, 0.3) is 0 Å². The van der Waals surface area contributed by atoms with Crippen molar-refractivity contribution in [3.63, 3.8) is 0 Å². The highest BCUT2D eigenvalue weighted by Crippen LogP contribution is 2.23. The van der Waals surface area contributed by atoms with Gasteiger partial charge in [-0.2, -0.15) is 0 Å². The van der Waals surface area contributed by atoms with Crippen molar-refractivity contribution in [2.75, 3.05) is 25.1 Å². The molecule has 0 aliphatic rings. The van der Waals surface area contributed by atoms with E-state index in [-0.39, 0.29) is 11.9 Å². The number of hydrogen-bond acceptors (Lipinski definition) is 3. The molecule has 100 valence electrons. The molecule has 0 aliphatic carbocycles. The van der Waals surface area contributed by atoms with Crippen LogP contribution in [0.4, 0.5) is 5.69 Å². The summed E-state index contributed by atoms with van der Waals surface area (Å²) in [6, 6.07) is 5.77. The summed E-state index contributed by atoms with van der Waals surface area (Å²) in [5, 5.41) is 7.43. The Hall–Kier alpha value is -1.07. The summed E-state index contributed by atoms with van der Waals surface area (Å²) in [5.74, 6) is 0.0687. The van der Waals surface area contributed by atoms with E-state index < -0.39 is 0 Å². The van der Waals surface area contributed by atoms with Crippen LogP contribution < -0.4 is 10.6 Å². The molecule has 1 aromatic rings. The molecule has 0 saturated carbocycles. The number of amidine groups is 1. The van der Waals surface area contributed by atoms with Crippen molar-refractivity contribution >= 4 is 27.5 Å². The molecule has 3 N–H and O–H groups in total. The second kappa shape index (κ2) is 6.75. The smallest absolute Gasteiger partial charge is 0.123 e. The first-order chi connectivity index (χ1) is 8.41. The predicted octanol–water partition coefficient (Wildman–Crippen LogP) is 2.59. The fourth-order valence-electron chi connectivity index (χ4n) is 1.51. The average Bonchev–Trinajstić information content (AvgIpc) is 2.27. The van der Waals surface area contributed by atoms with Gasteiger partial charge in [-0.15, -0.1) is 0 Å². The van der Waals surface area contributed by atoms with E-state index in [4.69, 9.17) is 15.9 Å². The maximum Gasteiger partial charge on any atom is 0.123 e. The van der Waals surface area contributed by atoms with Crippen LogP contribution in [-0.4, -0.2) is 32.1 Å². The van der Waals surface area contributed by atoms with Crippen LogP contribution in [0.5, 0.6) is 0 Å². The number of nitrogen functional groups attached to an aromatic ring is 1. The molecule has 1 rings (SSSR count). The fraction of sp³-hybridized carbons (Fsp3) is 0.462. The summed E-state index contributed by atoms with van der Waals surface area (Å²) in [4.78, 5) is 2.11. The molecule has 0 fully saturated rings. The number of ether oxygens (including phenoxy) is 1. The minimum absolute atomic E-state index is 0.0687. The van der Waals surface area contributed by atoms with Gasteiger partial charge in [-0.05, 0) is 48.0 Å². The summed E-state index contributed by atoms with van der Waals surface area (Å²) in [7, 11) is 2.01. The average molecular weight is 314 g/mol. The van der Waals surface area contributed by atoms with Crippen molar-refractivity contribution in [1.82, 2.24) is 0 Å². The quantitative estimate of drug-likeness (QED) is 0.627. The summed E-state index contributed by atoms with van der Waals surface area (Å²) >= 11 is 3.43. The maximum absolute atomic E-state index is 7.43. The highest BCUT2D eigenvalue weighted by molar-refractivity contribution is 9.10. The van der Waals surface area contributed by atoms with E-state index in [0.29, 0.717) is 12.2 Å². The first-order valence-corrected chi connectivity index (χ1v) is 6.67. The Labute approximate surface area is 117 Å². The van der Waals surface area contributed by atoms with Crippen LogP contribution >= 0.6 is 15.9 Å². The van der Waals surface area contributed by atoms with E-state index in [9.17, 15) is 0 Å². The summed E-state index contributed by atoms with van der Waals surface area (Å²) in [5.41, 5.74) is 7.26. The number of halogens is 1. The van der Waals surface area contributed by atoms with Crippen molar-refractivity contribution in [2.24, 2.45) is 5.73 Å². The van der Waals surface area contributed by atoms with Gasteiger partial charge in [0.25, 0.3) is 0 Å². The van der Waals surface area contributed by atoms with Gasteiger partial charge in [0.15, 0.2) is 0 Å². The Morgan fingerprint density at radius 2 is 2.17 bits per heavy atom. The minimum Gasteiger partial charge on any atom is -0.384 e. The van der Waals surface area contributed by atoms with Gasteiger partial charge in [0, 0.05) is 29.3 Å². The largest absolute Gasteiger partial charge is 0.384 e. The number of nitrogens with two attached hydrogens (primary N) is 1. The molecule has 0 aliphatic heterocycles. The van der Waals surface area contributed by atoms with Crippen molar-refractivity contribution < 1.29 is 4.74 Å². The normalized spacial score (nSPS) is 10.7. The topological polar surface area (TPSA) is 62.3 Å². The van der Waals surface area contributed by atoms with Gasteiger partial charge in [0.2, 0.25) is 0 Å². The van der Waals surface area contributed by atoms with Crippen molar-refractivity contribution in [1.29, 1.82) is 5.41 Å². The van der Waals surface area contributed by atoms with Crippen LogP contribution in [0.15, 0.2) is 22.7 Å². The molecule has 5 heteroatoms. The zero-order chi connectivity index (χ0) is 13.7. The van der Waals surface area contributed by atoms with Crippen LogP contribution in [0, 0.1) is 5.41 Å². The first kappa shape index (κ1) is 15.0. The lowest BCUT2D eigenvalue weighted by molar-refractivity contribution is 0.0846. The molecule has 0 heterocycles. The highest BCUT2D eigenvalue weighted by atomic mass is 79.9. The second-order valence-electron chi connectivity index (χ2n) is 4.42. The van der Waals surface area contributed by atoms with E-state index in [1.165, 1.54) is 0 Å². The lowest BCUT2D eigenvalue weighted by Crippen LogP contribution is -2.24. The number of nitrogens with one attached hydrogen (secondary N) is 1. The molecule has 1 aromatic carbocycles. The van der Waals surface area contributed by atoms with E-state index in [2.05, 4.69) is 20.8 Å². The molecule has 0 bridgehead atoms. The molecule has 4 nitrogen and oxygen atoms in total. The molecule has 0 spiro atoms. The van der Waals surface area contributed by atoms with Gasteiger partial charge in [-0.3, -0.25) is 5.41 Å². The molecule has 0 saturated heterocycles. The standard InChI is InChI=1S/C13H20BrN3O/c1-9(2)18-7-6-17(3)10-4-5-11(13(15)16)12(14)8-10/h4-5,8-9H,6-7H2,1-3H3,(H3,15,16). The zero-order valence-electron chi connectivity index (χ0n) is 11.0. The monoisotopic (exact) mass is 313 g/mol. The van der Waals surface area contributed by atoms with Crippen LogP contribution in [0.3, 0.4) is 0 Å². The lowest BCUT2D eigenvalue weighted by Gasteiger charge is -2.21. The van der Waals surface area contributed by atoms with Gasteiger partial charge >= 0.3 is 0 Å². The van der Waals surface area contributed by atoms with Gasteiger partial charge in [-0.1, -0.05) is 0 Å². The Morgan fingerprint density at radius 1 is 1.50 bits per heavy atom. The van der Waals surface area contributed by atoms with Crippen molar-refractivity contribution in [3.05, 3.63) is 28.2 Å². The van der Waals surface area contributed by atoms with Gasteiger partial charge < -0.3 is 15.4 Å². The summed E-state index contributed by atoms with van der Waals surface area (Å²) < 4.78 is 6.36. The van der Waals surface area contributed by atoms with Crippen molar-refractivity contribution in [3.8, 4) is 0 Å². The predicted molar refractivity (Wildman–Crippen MR) is 79.5 cm³/mol.